The Balaban J connectivity index is 1.55. The predicted octanol–water partition coefficient (Wildman–Crippen LogP) is 2.51. The third kappa shape index (κ3) is 4.69. The summed E-state index contributed by atoms with van der Waals surface area (Å²) in [5.41, 5.74) is 1.40. The van der Waals surface area contributed by atoms with E-state index in [0.717, 1.165) is 10.9 Å². The molecule has 1 amide bonds. The van der Waals surface area contributed by atoms with Crippen molar-refractivity contribution in [1.82, 2.24) is 10.3 Å². The number of hydrogen-bond acceptors (Lipinski definition) is 6. The SMILES string of the molecule is COc1ccc(OC)c(C(O)CNC(=O)CNc2ccc3ccccc3n2)c1. The predicted molar refractivity (Wildman–Crippen MR) is 108 cm³/mol. The van der Waals surface area contributed by atoms with E-state index in [0.29, 0.717) is 22.9 Å². The van der Waals surface area contributed by atoms with Gasteiger partial charge in [-0.15, -0.1) is 0 Å². The zero-order chi connectivity index (χ0) is 19.9. The maximum atomic E-state index is 12.1. The quantitative estimate of drug-likeness (QED) is 0.555. The monoisotopic (exact) mass is 381 g/mol. The summed E-state index contributed by atoms with van der Waals surface area (Å²) in [6.45, 7) is 0.0997. The number of nitrogens with one attached hydrogen (secondary N) is 2. The lowest BCUT2D eigenvalue weighted by Crippen LogP contribution is -2.33. The average molecular weight is 381 g/mol. The number of fused-ring (bicyclic) bond motifs is 1. The van der Waals surface area contributed by atoms with Gasteiger partial charge in [0, 0.05) is 17.5 Å². The molecule has 0 fully saturated rings. The number of carbonyl (C=O) groups is 1. The van der Waals surface area contributed by atoms with Crippen LogP contribution in [0.1, 0.15) is 11.7 Å². The van der Waals surface area contributed by atoms with Crippen molar-refractivity contribution in [1.29, 1.82) is 0 Å². The Morgan fingerprint density at radius 3 is 2.71 bits per heavy atom. The lowest BCUT2D eigenvalue weighted by Gasteiger charge is -2.16. The van der Waals surface area contributed by atoms with E-state index in [1.807, 2.05) is 36.4 Å². The van der Waals surface area contributed by atoms with Crippen LogP contribution in [0, 0.1) is 0 Å². The topological polar surface area (TPSA) is 92.7 Å². The Kier molecular flexibility index (Phi) is 6.29. The molecule has 0 saturated heterocycles. The highest BCUT2D eigenvalue weighted by atomic mass is 16.5. The van der Waals surface area contributed by atoms with E-state index in [2.05, 4.69) is 15.6 Å². The fraction of sp³-hybridized carbons (Fsp3) is 0.238. The lowest BCUT2D eigenvalue weighted by atomic mass is 10.1. The smallest absolute Gasteiger partial charge is 0.239 e. The van der Waals surface area contributed by atoms with Gasteiger partial charge in [0.2, 0.25) is 5.91 Å². The Morgan fingerprint density at radius 2 is 1.93 bits per heavy atom. The van der Waals surface area contributed by atoms with Gasteiger partial charge >= 0.3 is 0 Å². The number of amides is 1. The number of nitrogens with zero attached hydrogens (tertiary/aromatic N) is 1. The van der Waals surface area contributed by atoms with Gasteiger partial charge in [-0.2, -0.15) is 0 Å². The van der Waals surface area contributed by atoms with Gasteiger partial charge in [-0.1, -0.05) is 18.2 Å². The molecule has 7 heteroatoms. The first kappa shape index (κ1) is 19.4. The van der Waals surface area contributed by atoms with Crippen LogP contribution in [0.2, 0.25) is 0 Å². The van der Waals surface area contributed by atoms with Gasteiger partial charge in [0.25, 0.3) is 0 Å². The van der Waals surface area contributed by atoms with Gasteiger partial charge in [0.15, 0.2) is 0 Å². The molecular formula is C21H23N3O4. The number of rotatable bonds is 8. The molecule has 28 heavy (non-hydrogen) atoms. The van der Waals surface area contributed by atoms with Gasteiger partial charge in [0.05, 0.1) is 32.4 Å². The van der Waals surface area contributed by atoms with E-state index in [-0.39, 0.29) is 19.0 Å². The molecule has 1 unspecified atom stereocenters. The number of ether oxygens (including phenoxy) is 2. The minimum Gasteiger partial charge on any atom is -0.497 e. The molecule has 1 aromatic heterocycles. The second-order valence-corrected chi connectivity index (χ2v) is 6.17. The van der Waals surface area contributed by atoms with Crippen LogP contribution < -0.4 is 20.1 Å². The van der Waals surface area contributed by atoms with Crippen molar-refractivity contribution in [2.24, 2.45) is 0 Å². The molecule has 0 aliphatic heterocycles. The first-order valence-corrected chi connectivity index (χ1v) is 8.87. The van der Waals surface area contributed by atoms with Gasteiger partial charge in [-0.3, -0.25) is 4.79 Å². The van der Waals surface area contributed by atoms with E-state index in [1.165, 1.54) is 7.11 Å². The van der Waals surface area contributed by atoms with Gasteiger partial charge in [-0.05, 0) is 36.4 Å². The molecule has 1 heterocycles. The number of benzene rings is 2. The average Bonchev–Trinajstić information content (AvgIpc) is 2.75. The van der Waals surface area contributed by atoms with Crippen LogP contribution in [0.15, 0.2) is 54.6 Å². The molecule has 0 radical (unpaired) electrons. The van der Waals surface area contributed by atoms with Gasteiger partial charge in [-0.25, -0.2) is 4.98 Å². The fourth-order valence-electron chi connectivity index (χ4n) is 2.82. The number of anilines is 1. The number of hydrogen-bond donors (Lipinski definition) is 3. The van der Waals surface area contributed by atoms with Gasteiger partial charge < -0.3 is 25.2 Å². The number of aromatic nitrogens is 1. The second-order valence-electron chi connectivity index (χ2n) is 6.17. The molecule has 3 N–H and O–H groups in total. The number of methoxy groups -OCH3 is 2. The van der Waals surface area contributed by atoms with Crippen LogP contribution in [0.3, 0.4) is 0 Å². The molecule has 0 saturated carbocycles. The zero-order valence-corrected chi connectivity index (χ0v) is 15.8. The van der Waals surface area contributed by atoms with Crippen molar-refractivity contribution in [3.8, 4) is 11.5 Å². The Morgan fingerprint density at radius 1 is 1.11 bits per heavy atom. The molecule has 1 atom stereocenters. The molecule has 0 aliphatic rings. The Bertz CT molecular complexity index is 961. The summed E-state index contributed by atoms with van der Waals surface area (Å²) in [7, 11) is 3.07. The second kappa shape index (κ2) is 9.05. The Hall–Kier alpha value is -3.32. The summed E-state index contributed by atoms with van der Waals surface area (Å²) >= 11 is 0. The number of carbonyl (C=O) groups excluding carboxylic acids is 1. The number of aliphatic hydroxyl groups is 1. The highest BCUT2D eigenvalue weighted by molar-refractivity contribution is 5.82. The first-order chi connectivity index (χ1) is 13.6. The third-order valence-electron chi connectivity index (χ3n) is 4.32. The van der Waals surface area contributed by atoms with Crippen molar-refractivity contribution in [3.63, 3.8) is 0 Å². The molecular weight excluding hydrogens is 358 g/mol. The minimum atomic E-state index is -0.923. The van der Waals surface area contributed by atoms with Crippen molar-refractivity contribution >= 4 is 22.6 Å². The Labute approximate surface area is 163 Å². The highest BCUT2D eigenvalue weighted by Crippen LogP contribution is 2.29. The first-order valence-electron chi connectivity index (χ1n) is 8.87. The number of pyridine rings is 1. The summed E-state index contributed by atoms with van der Waals surface area (Å²) in [6.07, 6.45) is -0.923. The van der Waals surface area contributed by atoms with Crippen molar-refractivity contribution in [3.05, 3.63) is 60.2 Å². The maximum absolute atomic E-state index is 12.1. The highest BCUT2D eigenvalue weighted by Gasteiger charge is 2.15. The standard InChI is InChI=1S/C21H23N3O4/c1-27-15-8-9-19(28-2)16(11-15)18(25)12-23-21(26)13-22-20-10-7-14-5-3-4-6-17(14)24-20/h3-11,18,25H,12-13H2,1-2H3,(H,22,24)(H,23,26). The van der Waals surface area contributed by atoms with E-state index in [1.54, 1.807) is 25.3 Å². The van der Waals surface area contributed by atoms with Crippen molar-refractivity contribution in [2.45, 2.75) is 6.10 Å². The lowest BCUT2D eigenvalue weighted by molar-refractivity contribution is -0.119. The van der Waals surface area contributed by atoms with Crippen LogP contribution in [0.25, 0.3) is 10.9 Å². The molecule has 146 valence electrons. The van der Waals surface area contributed by atoms with Crippen LogP contribution in [0.5, 0.6) is 11.5 Å². The van der Waals surface area contributed by atoms with Crippen LogP contribution in [-0.4, -0.2) is 43.3 Å². The summed E-state index contributed by atoms with van der Waals surface area (Å²) < 4.78 is 10.4. The van der Waals surface area contributed by atoms with Crippen LogP contribution >= 0.6 is 0 Å². The third-order valence-corrected chi connectivity index (χ3v) is 4.32. The van der Waals surface area contributed by atoms with Crippen LogP contribution in [-0.2, 0) is 4.79 Å². The summed E-state index contributed by atoms with van der Waals surface area (Å²) in [5, 5.41) is 17.1. The molecule has 0 bridgehead atoms. The molecule has 3 rings (SSSR count). The molecule has 0 aliphatic carbocycles. The maximum Gasteiger partial charge on any atom is 0.239 e. The summed E-state index contributed by atoms with van der Waals surface area (Å²) in [6, 6.07) is 16.7. The van der Waals surface area contributed by atoms with E-state index in [9.17, 15) is 9.90 Å². The normalized spacial score (nSPS) is 11.7. The van der Waals surface area contributed by atoms with E-state index < -0.39 is 6.10 Å². The van der Waals surface area contributed by atoms with E-state index >= 15 is 0 Å². The molecule has 7 nitrogen and oxygen atoms in total. The zero-order valence-electron chi connectivity index (χ0n) is 15.8. The summed E-state index contributed by atoms with van der Waals surface area (Å²) in [4.78, 5) is 16.6. The summed E-state index contributed by atoms with van der Waals surface area (Å²) in [5.74, 6) is 1.49. The van der Waals surface area contributed by atoms with Crippen molar-refractivity contribution in [2.75, 3.05) is 32.6 Å². The molecule has 3 aromatic rings. The fourth-order valence-corrected chi connectivity index (χ4v) is 2.82. The molecule has 2 aromatic carbocycles. The van der Waals surface area contributed by atoms with Gasteiger partial charge in [0.1, 0.15) is 17.3 Å². The van der Waals surface area contributed by atoms with Crippen LogP contribution in [0.4, 0.5) is 5.82 Å². The number of aliphatic hydroxyl groups excluding tert-OH is 1. The largest absolute Gasteiger partial charge is 0.497 e. The minimum absolute atomic E-state index is 0.0489. The van der Waals surface area contributed by atoms with Crippen molar-refractivity contribution < 1.29 is 19.4 Å². The number of para-hydroxylation sites is 1. The van der Waals surface area contributed by atoms with E-state index in [4.69, 9.17) is 9.47 Å². The molecule has 0 spiro atoms.